The van der Waals surface area contributed by atoms with Gasteiger partial charge in [-0.25, -0.2) is 15.4 Å². The summed E-state index contributed by atoms with van der Waals surface area (Å²) in [5.41, 5.74) is 3.18. The Kier molecular flexibility index (Phi) is 12.0. The monoisotopic (exact) mass is 720 g/mol. The van der Waals surface area contributed by atoms with Crippen LogP contribution < -0.4 is 11.6 Å². The first-order valence-electron chi connectivity index (χ1n) is 15.8. The third-order valence-electron chi connectivity index (χ3n) is 8.71. The lowest BCUT2D eigenvalue weighted by Gasteiger charge is -2.39. The van der Waals surface area contributed by atoms with Gasteiger partial charge in [0.25, 0.3) is 0 Å². The molecule has 0 saturated carbocycles. The second kappa shape index (κ2) is 15.5. The van der Waals surface area contributed by atoms with Crippen molar-refractivity contribution in [2.45, 2.75) is 70.3 Å². The van der Waals surface area contributed by atoms with Crippen LogP contribution in [-0.4, -0.2) is 41.0 Å². The fourth-order valence-electron chi connectivity index (χ4n) is 6.32. The van der Waals surface area contributed by atoms with Crippen molar-refractivity contribution in [3.8, 4) is 0 Å². The van der Waals surface area contributed by atoms with E-state index in [0.717, 1.165) is 47.0 Å². The molecule has 274 valence electrons. The van der Waals surface area contributed by atoms with Crippen LogP contribution in [0.15, 0.2) is 65.8 Å². The summed E-state index contributed by atoms with van der Waals surface area (Å²) < 4.78 is 137. The van der Waals surface area contributed by atoms with E-state index in [1.54, 1.807) is 12.1 Å². The Morgan fingerprint density at radius 3 is 1.86 bits per heavy atom. The van der Waals surface area contributed by atoms with E-state index in [0.29, 0.717) is 43.1 Å². The van der Waals surface area contributed by atoms with Crippen molar-refractivity contribution in [2.75, 3.05) is 20.1 Å². The first-order valence-corrected chi connectivity index (χ1v) is 15.8. The van der Waals surface area contributed by atoms with Crippen molar-refractivity contribution in [3.05, 3.63) is 105 Å². The largest absolute Gasteiger partial charge is 0.416 e. The zero-order chi connectivity index (χ0) is 37.0. The number of hydrogen-bond acceptors (Lipinski definition) is 4. The molecule has 1 aliphatic heterocycles. The van der Waals surface area contributed by atoms with Gasteiger partial charge in [0.1, 0.15) is 5.82 Å². The SMILES string of the molecule is CCC(c1ccc(C(F)(F)F)cc1CN(Cc1cc(C(F)(F)F)cc(C(F)(F)F)c1)/C(N)=N/N(C)N)N1CCC(Cc2ccc(F)cc2)CC1. The molecule has 1 aliphatic rings. The fourth-order valence-corrected chi connectivity index (χ4v) is 6.32. The molecule has 0 bridgehead atoms. The highest BCUT2D eigenvalue weighted by atomic mass is 19.4. The summed E-state index contributed by atoms with van der Waals surface area (Å²) in [6.07, 6.45) is -12.2. The van der Waals surface area contributed by atoms with E-state index < -0.39 is 59.8 Å². The third-order valence-corrected chi connectivity index (χ3v) is 8.71. The van der Waals surface area contributed by atoms with Crippen molar-refractivity contribution >= 4 is 5.96 Å². The zero-order valence-corrected chi connectivity index (χ0v) is 27.3. The number of hydrazine groups is 1. The Bertz CT molecular complexity index is 1580. The number of nitrogens with zero attached hydrogens (tertiary/aromatic N) is 4. The highest BCUT2D eigenvalue weighted by molar-refractivity contribution is 5.78. The molecule has 1 atom stereocenters. The molecule has 4 N–H and O–H groups in total. The molecule has 1 fully saturated rings. The van der Waals surface area contributed by atoms with Crippen LogP contribution in [-0.2, 0) is 38.0 Å². The first kappa shape index (κ1) is 38.7. The van der Waals surface area contributed by atoms with Crippen LogP contribution in [0.5, 0.6) is 0 Å². The maximum atomic E-state index is 14.0. The van der Waals surface area contributed by atoms with Gasteiger partial charge in [0.2, 0.25) is 5.96 Å². The molecule has 50 heavy (non-hydrogen) atoms. The summed E-state index contributed by atoms with van der Waals surface area (Å²) in [7, 11) is 1.26. The van der Waals surface area contributed by atoms with Crippen molar-refractivity contribution < 1.29 is 43.9 Å². The maximum absolute atomic E-state index is 14.0. The summed E-state index contributed by atoms with van der Waals surface area (Å²) in [5, 5.41) is 4.61. The number of hydrazone groups is 1. The standard InChI is InChI=1S/C34H38F10N6/c1-3-30(49-12-10-22(11-13-49)14-21-4-7-28(35)8-5-21)29-9-6-25(32(36,37)38)17-24(29)20-50(31(45)47-48(2)46)19-23-15-26(33(39,40)41)18-27(16-23)34(42,43)44/h4-9,15-18,22,30H,3,10-14,19-20,46H2,1-2H3,(H2,45,47). The van der Waals surface area contributed by atoms with Gasteiger partial charge in [0, 0.05) is 26.2 Å². The van der Waals surface area contributed by atoms with Crippen LogP contribution in [0.3, 0.4) is 0 Å². The van der Waals surface area contributed by atoms with E-state index in [9.17, 15) is 43.9 Å². The Hall–Kier alpha value is -4.05. The normalized spacial score (nSPS) is 16.1. The topological polar surface area (TPSA) is 74.1 Å². The lowest BCUT2D eigenvalue weighted by Crippen LogP contribution is -2.40. The van der Waals surface area contributed by atoms with E-state index >= 15 is 0 Å². The van der Waals surface area contributed by atoms with Crippen LogP contribution in [0.1, 0.15) is 71.2 Å². The molecule has 0 aromatic heterocycles. The van der Waals surface area contributed by atoms with Gasteiger partial charge in [-0.15, -0.1) is 5.10 Å². The molecule has 16 heteroatoms. The van der Waals surface area contributed by atoms with Gasteiger partial charge < -0.3 is 10.6 Å². The minimum atomic E-state index is -5.12. The van der Waals surface area contributed by atoms with Gasteiger partial charge in [0.05, 0.1) is 16.7 Å². The lowest BCUT2D eigenvalue weighted by atomic mass is 9.87. The number of benzene rings is 3. The summed E-state index contributed by atoms with van der Waals surface area (Å²) in [5.74, 6) is 5.12. The second-order valence-electron chi connectivity index (χ2n) is 12.4. The smallest absolute Gasteiger partial charge is 0.368 e. The molecule has 0 amide bonds. The van der Waals surface area contributed by atoms with Gasteiger partial charge >= 0.3 is 18.5 Å². The van der Waals surface area contributed by atoms with E-state index in [1.165, 1.54) is 25.2 Å². The van der Waals surface area contributed by atoms with Gasteiger partial charge in [-0.1, -0.05) is 25.1 Å². The number of rotatable bonds is 10. The van der Waals surface area contributed by atoms with Crippen molar-refractivity contribution in [2.24, 2.45) is 22.6 Å². The fraction of sp³-hybridized carbons (Fsp3) is 0.441. The van der Waals surface area contributed by atoms with E-state index in [-0.39, 0.29) is 23.5 Å². The molecule has 1 saturated heterocycles. The number of halogens is 10. The number of likely N-dealkylation sites (tertiary alicyclic amines) is 1. The summed E-state index contributed by atoms with van der Waals surface area (Å²) in [6.45, 7) is 1.98. The summed E-state index contributed by atoms with van der Waals surface area (Å²) >= 11 is 0. The Labute approximate surface area is 283 Å². The molecule has 3 aromatic carbocycles. The van der Waals surface area contributed by atoms with Crippen molar-refractivity contribution in [3.63, 3.8) is 0 Å². The number of alkyl halides is 9. The second-order valence-corrected chi connectivity index (χ2v) is 12.4. The molecule has 1 heterocycles. The number of piperidine rings is 1. The Morgan fingerprint density at radius 1 is 0.800 bits per heavy atom. The van der Waals surface area contributed by atoms with Crippen LogP contribution in [0, 0.1) is 11.7 Å². The zero-order valence-electron chi connectivity index (χ0n) is 27.3. The Balaban J connectivity index is 1.69. The lowest BCUT2D eigenvalue weighted by molar-refractivity contribution is -0.143. The highest BCUT2D eigenvalue weighted by Gasteiger charge is 2.38. The predicted molar refractivity (Wildman–Crippen MR) is 168 cm³/mol. The number of nitrogens with two attached hydrogens (primary N) is 2. The van der Waals surface area contributed by atoms with Crippen LogP contribution in [0.25, 0.3) is 0 Å². The molecule has 0 aliphatic carbocycles. The third kappa shape index (κ3) is 10.2. The molecule has 3 aromatic rings. The predicted octanol–water partition coefficient (Wildman–Crippen LogP) is 8.33. The van der Waals surface area contributed by atoms with Crippen LogP contribution >= 0.6 is 0 Å². The average Bonchev–Trinajstić information content (AvgIpc) is 3.02. The molecule has 4 rings (SSSR count). The molecule has 0 radical (unpaired) electrons. The van der Waals surface area contributed by atoms with E-state index in [4.69, 9.17) is 11.6 Å². The van der Waals surface area contributed by atoms with Gasteiger partial charge in [-0.2, -0.15) is 39.5 Å². The first-order chi connectivity index (χ1) is 23.2. The maximum Gasteiger partial charge on any atom is 0.416 e. The van der Waals surface area contributed by atoms with E-state index in [2.05, 4.69) is 10.0 Å². The van der Waals surface area contributed by atoms with E-state index in [1.807, 2.05) is 6.92 Å². The Morgan fingerprint density at radius 2 is 1.36 bits per heavy atom. The van der Waals surface area contributed by atoms with Gasteiger partial charge in [-0.05, 0) is 109 Å². The molecular formula is C34H38F10N6. The minimum Gasteiger partial charge on any atom is -0.368 e. The van der Waals surface area contributed by atoms with Crippen molar-refractivity contribution in [1.29, 1.82) is 0 Å². The van der Waals surface area contributed by atoms with Crippen LogP contribution in [0.2, 0.25) is 0 Å². The molecule has 0 spiro atoms. The molecular weight excluding hydrogens is 682 g/mol. The summed E-state index contributed by atoms with van der Waals surface area (Å²) in [4.78, 5) is 3.23. The molecule has 1 unspecified atom stereocenters. The number of hydrogen-bond donors (Lipinski definition) is 2. The highest BCUT2D eigenvalue weighted by Crippen LogP contribution is 2.39. The quantitative estimate of drug-likeness (QED) is 0.0725. The van der Waals surface area contributed by atoms with Gasteiger partial charge in [-0.3, -0.25) is 4.90 Å². The number of guanidine groups is 1. The van der Waals surface area contributed by atoms with Crippen molar-refractivity contribution in [1.82, 2.24) is 14.9 Å². The van der Waals surface area contributed by atoms with Gasteiger partial charge in [0.15, 0.2) is 0 Å². The molecule has 6 nitrogen and oxygen atoms in total. The summed E-state index contributed by atoms with van der Waals surface area (Å²) in [6, 6.07) is 10.1. The minimum absolute atomic E-state index is 0.0153. The van der Waals surface area contributed by atoms with Crippen LogP contribution in [0.4, 0.5) is 43.9 Å². The average molecular weight is 721 g/mol.